The summed E-state index contributed by atoms with van der Waals surface area (Å²) in [6, 6.07) is 10.3. The lowest BCUT2D eigenvalue weighted by atomic mass is 10.1. The van der Waals surface area contributed by atoms with E-state index in [9.17, 15) is 0 Å². The van der Waals surface area contributed by atoms with Gasteiger partial charge in [0.1, 0.15) is 5.75 Å². The van der Waals surface area contributed by atoms with Crippen LogP contribution in [0.3, 0.4) is 0 Å². The number of pyridine rings is 1. The highest BCUT2D eigenvalue weighted by Crippen LogP contribution is 2.28. The van der Waals surface area contributed by atoms with Gasteiger partial charge in [-0.1, -0.05) is 12.1 Å². The summed E-state index contributed by atoms with van der Waals surface area (Å²) in [6.07, 6.45) is 4.71. The van der Waals surface area contributed by atoms with Crippen molar-refractivity contribution in [3.63, 3.8) is 0 Å². The number of methoxy groups -OCH3 is 1. The number of nitrogens with one attached hydrogen (secondary N) is 1. The number of benzene rings is 1. The minimum Gasteiger partial charge on any atom is -0.495 e. The summed E-state index contributed by atoms with van der Waals surface area (Å²) in [5, 5.41) is 3.45. The molecule has 1 fully saturated rings. The molecule has 3 rings (SSSR count). The number of hydrogen-bond acceptors (Lipinski definition) is 4. The van der Waals surface area contributed by atoms with Crippen molar-refractivity contribution in [1.82, 2.24) is 15.2 Å². The SMILES string of the molecule is CCNC(=NCCc1ccncc1C)N1CCN(c2ccccc2OC)CC1.I. The van der Waals surface area contributed by atoms with Crippen molar-refractivity contribution in [2.45, 2.75) is 20.3 Å². The van der Waals surface area contributed by atoms with Crippen LogP contribution in [0.15, 0.2) is 47.7 Å². The molecular weight excluding hydrogens is 477 g/mol. The minimum atomic E-state index is 0. The quantitative estimate of drug-likeness (QED) is 0.368. The smallest absolute Gasteiger partial charge is 0.194 e. The van der Waals surface area contributed by atoms with Crippen molar-refractivity contribution >= 4 is 35.6 Å². The van der Waals surface area contributed by atoms with Gasteiger partial charge in [0.15, 0.2) is 5.96 Å². The fourth-order valence-corrected chi connectivity index (χ4v) is 3.54. The van der Waals surface area contributed by atoms with E-state index in [4.69, 9.17) is 9.73 Å². The van der Waals surface area contributed by atoms with Gasteiger partial charge in [0.2, 0.25) is 0 Å². The van der Waals surface area contributed by atoms with Crippen LogP contribution >= 0.6 is 24.0 Å². The first-order valence-electron chi connectivity index (χ1n) is 10.0. The number of aryl methyl sites for hydroxylation is 1. The van der Waals surface area contributed by atoms with Crippen LogP contribution in [-0.4, -0.2) is 62.2 Å². The Balaban J connectivity index is 0.00000300. The molecule has 0 spiro atoms. The number of anilines is 1. The summed E-state index contributed by atoms with van der Waals surface area (Å²) < 4.78 is 5.52. The normalized spacial score (nSPS) is 14.4. The lowest BCUT2D eigenvalue weighted by molar-refractivity contribution is 0.367. The van der Waals surface area contributed by atoms with Gasteiger partial charge in [-0.2, -0.15) is 0 Å². The van der Waals surface area contributed by atoms with Gasteiger partial charge >= 0.3 is 0 Å². The molecule has 2 aromatic rings. The predicted molar refractivity (Wildman–Crippen MR) is 131 cm³/mol. The second-order valence-corrected chi connectivity index (χ2v) is 6.93. The molecule has 0 saturated carbocycles. The topological polar surface area (TPSA) is 53.0 Å². The maximum Gasteiger partial charge on any atom is 0.194 e. The van der Waals surface area contributed by atoms with Crippen LogP contribution in [0.25, 0.3) is 0 Å². The third-order valence-electron chi connectivity index (χ3n) is 5.12. The molecule has 1 N–H and O–H groups in total. The number of ether oxygens (including phenoxy) is 1. The van der Waals surface area contributed by atoms with Crippen LogP contribution < -0.4 is 15.0 Å². The highest BCUT2D eigenvalue weighted by Gasteiger charge is 2.21. The highest BCUT2D eigenvalue weighted by molar-refractivity contribution is 14.0. The molecule has 0 atom stereocenters. The van der Waals surface area contributed by atoms with Crippen molar-refractivity contribution in [3.8, 4) is 5.75 Å². The van der Waals surface area contributed by atoms with E-state index in [1.54, 1.807) is 7.11 Å². The summed E-state index contributed by atoms with van der Waals surface area (Å²) in [7, 11) is 1.73. The Hall–Kier alpha value is -2.03. The highest BCUT2D eigenvalue weighted by atomic mass is 127. The van der Waals surface area contributed by atoms with E-state index in [2.05, 4.69) is 52.1 Å². The Bertz CT molecular complexity index is 790. The number of aliphatic imine (C=N–C) groups is 1. The van der Waals surface area contributed by atoms with Crippen molar-refractivity contribution in [2.24, 2.45) is 4.99 Å². The first kappa shape index (κ1) is 23.3. The standard InChI is InChI=1S/C22H31N5O.HI/c1-4-24-22(25-12-10-19-9-11-23-17-18(19)2)27-15-13-26(14-16-27)20-7-5-6-8-21(20)28-3;/h5-9,11,17H,4,10,12-16H2,1-3H3,(H,24,25);1H. The number of para-hydroxylation sites is 2. The number of hydrogen-bond donors (Lipinski definition) is 1. The Morgan fingerprint density at radius 2 is 1.93 bits per heavy atom. The molecule has 158 valence electrons. The average molecular weight is 509 g/mol. The van der Waals surface area contributed by atoms with E-state index >= 15 is 0 Å². The van der Waals surface area contributed by atoms with E-state index in [0.29, 0.717) is 0 Å². The van der Waals surface area contributed by atoms with Crippen LogP contribution in [0, 0.1) is 6.92 Å². The molecule has 0 bridgehead atoms. The Kier molecular flexibility index (Phi) is 9.50. The van der Waals surface area contributed by atoms with Gasteiger partial charge in [-0.15, -0.1) is 24.0 Å². The number of nitrogens with zero attached hydrogens (tertiary/aromatic N) is 4. The van der Waals surface area contributed by atoms with E-state index < -0.39 is 0 Å². The van der Waals surface area contributed by atoms with Gasteiger partial charge in [-0.3, -0.25) is 9.98 Å². The Labute approximate surface area is 191 Å². The number of piperazine rings is 1. The summed E-state index contributed by atoms with van der Waals surface area (Å²) >= 11 is 0. The second kappa shape index (κ2) is 11.8. The molecule has 1 saturated heterocycles. The fraction of sp³-hybridized carbons (Fsp3) is 0.455. The Morgan fingerprint density at radius 3 is 2.62 bits per heavy atom. The molecule has 1 aromatic heterocycles. The van der Waals surface area contributed by atoms with Crippen molar-refractivity contribution < 1.29 is 4.74 Å². The van der Waals surface area contributed by atoms with Crippen LogP contribution in [-0.2, 0) is 6.42 Å². The number of aromatic nitrogens is 1. The first-order valence-corrected chi connectivity index (χ1v) is 10.0. The lowest BCUT2D eigenvalue weighted by Crippen LogP contribution is -2.52. The zero-order valence-electron chi connectivity index (χ0n) is 17.6. The van der Waals surface area contributed by atoms with Crippen LogP contribution in [0.2, 0.25) is 0 Å². The Morgan fingerprint density at radius 1 is 1.17 bits per heavy atom. The molecule has 0 radical (unpaired) electrons. The maximum absolute atomic E-state index is 5.52. The van der Waals surface area contributed by atoms with Gasteiger partial charge in [0.25, 0.3) is 0 Å². The molecule has 0 unspecified atom stereocenters. The molecule has 2 heterocycles. The average Bonchev–Trinajstić information content (AvgIpc) is 2.74. The molecule has 1 aliphatic rings. The fourth-order valence-electron chi connectivity index (χ4n) is 3.54. The molecule has 29 heavy (non-hydrogen) atoms. The molecular formula is C22H32IN5O. The van der Waals surface area contributed by atoms with E-state index in [-0.39, 0.29) is 24.0 Å². The molecule has 6 nitrogen and oxygen atoms in total. The zero-order chi connectivity index (χ0) is 19.8. The van der Waals surface area contributed by atoms with Gasteiger partial charge < -0.3 is 19.9 Å². The van der Waals surface area contributed by atoms with Gasteiger partial charge in [0, 0.05) is 51.7 Å². The first-order chi connectivity index (χ1) is 13.7. The second-order valence-electron chi connectivity index (χ2n) is 6.93. The summed E-state index contributed by atoms with van der Waals surface area (Å²) in [6.45, 7) is 9.67. The van der Waals surface area contributed by atoms with Gasteiger partial charge in [0.05, 0.1) is 12.8 Å². The molecule has 1 aliphatic heterocycles. The number of rotatable bonds is 6. The third-order valence-corrected chi connectivity index (χ3v) is 5.12. The van der Waals surface area contributed by atoms with Crippen molar-refractivity contribution in [3.05, 3.63) is 53.9 Å². The van der Waals surface area contributed by atoms with Crippen molar-refractivity contribution in [1.29, 1.82) is 0 Å². The third kappa shape index (κ3) is 6.22. The van der Waals surface area contributed by atoms with E-state index in [1.807, 2.05) is 24.5 Å². The zero-order valence-corrected chi connectivity index (χ0v) is 19.9. The number of guanidine groups is 1. The van der Waals surface area contributed by atoms with Gasteiger partial charge in [-0.25, -0.2) is 0 Å². The minimum absolute atomic E-state index is 0. The lowest BCUT2D eigenvalue weighted by Gasteiger charge is -2.38. The predicted octanol–water partition coefficient (Wildman–Crippen LogP) is 3.35. The monoisotopic (exact) mass is 509 g/mol. The summed E-state index contributed by atoms with van der Waals surface area (Å²) in [4.78, 5) is 13.8. The summed E-state index contributed by atoms with van der Waals surface area (Å²) in [5.74, 6) is 1.94. The van der Waals surface area contributed by atoms with E-state index in [0.717, 1.165) is 57.4 Å². The number of halogens is 1. The van der Waals surface area contributed by atoms with Crippen LogP contribution in [0.4, 0.5) is 5.69 Å². The van der Waals surface area contributed by atoms with Crippen molar-refractivity contribution in [2.75, 3.05) is 51.3 Å². The van der Waals surface area contributed by atoms with Crippen LogP contribution in [0.1, 0.15) is 18.1 Å². The maximum atomic E-state index is 5.52. The summed E-state index contributed by atoms with van der Waals surface area (Å²) in [5.41, 5.74) is 3.71. The molecule has 1 aromatic carbocycles. The molecule has 7 heteroatoms. The van der Waals surface area contributed by atoms with E-state index in [1.165, 1.54) is 16.8 Å². The molecule has 0 amide bonds. The van der Waals surface area contributed by atoms with Gasteiger partial charge in [-0.05, 0) is 49.6 Å². The molecule has 0 aliphatic carbocycles. The largest absolute Gasteiger partial charge is 0.495 e. The van der Waals surface area contributed by atoms with Crippen LogP contribution in [0.5, 0.6) is 5.75 Å².